The highest BCUT2D eigenvalue weighted by atomic mass is 19.4. The minimum Gasteiger partial charge on any atom is -0.394 e. The Morgan fingerprint density at radius 1 is 1.14 bits per heavy atom. The number of H-pyrrole nitrogens is 1. The number of aromatic nitrogens is 2. The van der Waals surface area contributed by atoms with Gasteiger partial charge in [-0.3, -0.25) is 4.79 Å². The Morgan fingerprint density at radius 3 is 2.47 bits per heavy atom. The summed E-state index contributed by atoms with van der Waals surface area (Å²) in [5, 5.41) is 18.8. The average molecular weight is 514 g/mol. The van der Waals surface area contributed by atoms with Gasteiger partial charge < -0.3 is 34.1 Å². The van der Waals surface area contributed by atoms with Crippen molar-refractivity contribution < 1.29 is 32.9 Å². The molecule has 200 valence electrons. The summed E-state index contributed by atoms with van der Waals surface area (Å²) in [6, 6.07) is 3.89. The van der Waals surface area contributed by atoms with Gasteiger partial charge in [0, 0.05) is 53.2 Å². The van der Waals surface area contributed by atoms with Crippen LogP contribution in [0, 0.1) is 6.92 Å². The monoisotopic (exact) mass is 513 g/mol. The number of hydrogen-bond donors (Lipinski definition) is 3. The highest BCUT2D eigenvalue weighted by Crippen LogP contribution is 2.39. The van der Waals surface area contributed by atoms with E-state index in [4.69, 9.17) is 14.6 Å². The maximum absolute atomic E-state index is 13.8. The highest BCUT2D eigenvalue weighted by molar-refractivity contribution is 6.09. The van der Waals surface area contributed by atoms with Crippen LogP contribution in [0.2, 0.25) is 0 Å². The normalized spacial score (nSPS) is 13.4. The average Bonchev–Trinajstić information content (AvgIpc) is 3.10. The summed E-state index contributed by atoms with van der Waals surface area (Å²) < 4.78 is 54.7. The van der Waals surface area contributed by atoms with Crippen LogP contribution in [0.15, 0.2) is 23.0 Å². The van der Waals surface area contributed by atoms with Gasteiger partial charge in [-0.25, -0.2) is 0 Å². The van der Waals surface area contributed by atoms with Gasteiger partial charge in [-0.15, -0.1) is 0 Å². The molecule has 0 aliphatic rings. The van der Waals surface area contributed by atoms with Crippen LogP contribution in [-0.4, -0.2) is 83.9 Å². The Kier molecular flexibility index (Phi) is 9.53. The molecule has 8 nitrogen and oxygen atoms in total. The van der Waals surface area contributed by atoms with E-state index in [0.717, 1.165) is 11.3 Å². The number of aromatic amines is 1. The van der Waals surface area contributed by atoms with Crippen molar-refractivity contribution in [2.24, 2.45) is 0 Å². The smallest absolute Gasteiger partial charge is 0.394 e. The molecule has 3 aromatic rings. The molecule has 3 rings (SSSR count). The minimum atomic E-state index is -4.65. The first kappa shape index (κ1) is 28.1. The molecule has 0 amide bonds. The fourth-order valence-electron chi connectivity index (χ4n) is 4.59. The van der Waals surface area contributed by atoms with Crippen molar-refractivity contribution in [2.75, 3.05) is 53.2 Å². The number of alkyl halides is 3. The molecule has 2 heterocycles. The number of rotatable bonds is 13. The third kappa shape index (κ3) is 6.46. The molecule has 0 aliphatic carbocycles. The number of nitrogens with one attached hydrogen (secondary N) is 1. The molecule has 1 atom stereocenters. The van der Waals surface area contributed by atoms with Crippen LogP contribution in [0.4, 0.5) is 13.2 Å². The van der Waals surface area contributed by atoms with Gasteiger partial charge in [-0.2, -0.15) is 13.2 Å². The minimum absolute atomic E-state index is 0.0105. The van der Waals surface area contributed by atoms with Crippen LogP contribution >= 0.6 is 0 Å². The van der Waals surface area contributed by atoms with E-state index in [0.29, 0.717) is 69.5 Å². The van der Waals surface area contributed by atoms with Crippen molar-refractivity contribution >= 4 is 21.8 Å². The maximum Gasteiger partial charge on any atom is 0.417 e. The molecular weight excluding hydrogens is 479 g/mol. The van der Waals surface area contributed by atoms with Crippen LogP contribution in [0.25, 0.3) is 21.8 Å². The van der Waals surface area contributed by atoms with E-state index < -0.39 is 23.4 Å². The molecule has 2 aromatic heterocycles. The lowest BCUT2D eigenvalue weighted by Gasteiger charge is -2.19. The summed E-state index contributed by atoms with van der Waals surface area (Å²) in [6.07, 6.45) is -4.80. The first-order valence-electron chi connectivity index (χ1n) is 12.0. The Morgan fingerprint density at radius 2 is 1.83 bits per heavy atom. The topological polar surface area (TPSA) is 100.0 Å². The van der Waals surface area contributed by atoms with Crippen LogP contribution in [-0.2, 0) is 28.6 Å². The Labute approximate surface area is 207 Å². The Hall–Kier alpha value is -2.44. The lowest BCUT2D eigenvalue weighted by molar-refractivity contribution is -0.136. The van der Waals surface area contributed by atoms with Gasteiger partial charge in [0.25, 0.3) is 0 Å². The van der Waals surface area contributed by atoms with Crippen molar-refractivity contribution in [1.82, 2.24) is 14.5 Å². The second kappa shape index (κ2) is 12.2. The predicted molar refractivity (Wildman–Crippen MR) is 131 cm³/mol. The van der Waals surface area contributed by atoms with Crippen molar-refractivity contribution in [1.29, 1.82) is 0 Å². The van der Waals surface area contributed by atoms with Crippen LogP contribution in [0.1, 0.15) is 23.7 Å². The first-order valence-corrected chi connectivity index (χ1v) is 12.0. The summed E-state index contributed by atoms with van der Waals surface area (Å²) in [5.41, 5.74) is 0.795. The largest absolute Gasteiger partial charge is 0.417 e. The van der Waals surface area contributed by atoms with Crippen molar-refractivity contribution in [2.45, 2.75) is 39.1 Å². The SMILES string of the molecule is CCc1c(C)c2c3c(C(F)(F)F)cc(=O)[nH]c3ccc2n1CCOCCOCCN(C)CC(O)CO. The van der Waals surface area contributed by atoms with Crippen molar-refractivity contribution in [3.05, 3.63) is 45.4 Å². The summed E-state index contributed by atoms with van der Waals surface area (Å²) in [4.78, 5) is 16.2. The van der Waals surface area contributed by atoms with E-state index in [9.17, 15) is 23.1 Å². The Bertz CT molecular complexity index is 1220. The second-order valence-corrected chi connectivity index (χ2v) is 8.83. The number of likely N-dealkylation sites (N-methyl/N-ethyl adjacent to an activating group) is 1. The number of pyridine rings is 1. The van der Waals surface area contributed by atoms with Gasteiger partial charge >= 0.3 is 6.18 Å². The molecular formula is C25H34F3N3O5. The number of aliphatic hydroxyl groups is 2. The summed E-state index contributed by atoms with van der Waals surface area (Å²) >= 11 is 0. The molecule has 3 N–H and O–H groups in total. The molecule has 0 radical (unpaired) electrons. The number of benzene rings is 1. The molecule has 1 unspecified atom stereocenters. The second-order valence-electron chi connectivity index (χ2n) is 8.83. The summed E-state index contributed by atoms with van der Waals surface area (Å²) in [5.74, 6) is 0. The quantitative estimate of drug-likeness (QED) is 0.304. The van der Waals surface area contributed by atoms with Gasteiger partial charge in [-0.05, 0) is 38.1 Å². The maximum atomic E-state index is 13.8. The van der Waals surface area contributed by atoms with Gasteiger partial charge in [0.1, 0.15) is 0 Å². The van der Waals surface area contributed by atoms with E-state index in [-0.39, 0.29) is 17.5 Å². The highest BCUT2D eigenvalue weighted by Gasteiger charge is 2.34. The number of hydrogen-bond acceptors (Lipinski definition) is 6. The van der Waals surface area contributed by atoms with Crippen molar-refractivity contribution in [3.63, 3.8) is 0 Å². The van der Waals surface area contributed by atoms with E-state index in [1.807, 2.05) is 30.4 Å². The molecule has 1 aromatic carbocycles. The number of fused-ring (bicyclic) bond motifs is 3. The molecule has 11 heteroatoms. The molecule has 0 saturated heterocycles. The number of nitrogens with zero attached hydrogens (tertiary/aromatic N) is 2. The third-order valence-corrected chi connectivity index (χ3v) is 6.23. The zero-order valence-corrected chi connectivity index (χ0v) is 20.8. The van der Waals surface area contributed by atoms with Crippen molar-refractivity contribution in [3.8, 4) is 0 Å². The van der Waals surface area contributed by atoms with E-state index in [1.165, 1.54) is 6.07 Å². The standard InChI is InChI=1S/C25H34F3N3O5/c1-4-20-16(2)23-21(6-5-19-24(23)18(25(26,27)28)13-22(34)29-19)31(20)8-10-36-12-11-35-9-7-30(3)14-17(33)15-32/h5-6,13,17,32-33H,4,7-12,14-15H2,1-3H3,(H,29,34). The molecule has 0 aliphatic heterocycles. The molecule has 0 fully saturated rings. The molecule has 0 bridgehead atoms. The fourth-order valence-corrected chi connectivity index (χ4v) is 4.59. The number of aliphatic hydroxyl groups excluding tert-OH is 2. The summed E-state index contributed by atoms with van der Waals surface area (Å²) in [6.45, 7) is 6.47. The summed E-state index contributed by atoms with van der Waals surface area (Å²) in [7, 11) is 1.83. The van der Waals surface area contributed by atoms with Gasteiger partial charge in [0.2, 0.25) is 5.56 Å². The lowest BCUT2D eigenvalue weighted by atomic mass is 10.0. The number of aryl methyl sites for hydroxylation is 1. The third-order valence-electron chi connectivity index (χ3n) is 6.23. The fraction of sp³-hybridized carbons (Fsp3) is 0.560. The van der Waals surface area contributed by atoms with Gasteiger partial charge in [-0.1, -0.05) is 6.92 Å². The van der Waals surface area contributed by atoms with E-state index in [1.54, 1.807) is 6.07 Å². The first-order chi connectivity index (χ1) is 17.1. The van der Waals surface area contributed by atoms with Gasteiger partial charge in [0.05, 0.1) is 44.7 Å². The van der Waals surface area contributed by atoms with Gasteiger partial charge in [0.15, 0.2) is 0 Å². The zero-order valence-electron chi connectivity index (χ0n) is 20.8. The predicted octanol–water partition coefficient (Wildman–Crippen LogP) is 2.69. The van der Waals surface area contributed by atoms with E-state index >= 15 is 0 Å². The molecule has 36 heavy (non-hydrogen) atoms. The zero-order chi connectivity index (χ0) is 26.5. The van der Waals surface area contributed by atoms with Crippen LogP contribution < -0.4 is 5.56 Å². The van der Waals surface area contributed by atoms with E-state index in [2.05, 4.69) is 4.98 Å². The lowest BCUT2D eigenvalue weighted by Crippen LogP contribution is -2.33. The van der Waals surface area contributed by atoms with Crippen LogP contribution in [0.5, 0.6) is 0 Å². The molecule has 0 saturated carbocycles. The number of halogens is 3. The van der Waals surface area contributed by atoms with Crippen LogP contribution in [0.3, 0.4) is 0 Å². The number of ether oxygens (including phenoxy) is 2. The Balaban J connectivity index is 1.68. The molecule has 0 spiro atoms.